The number of amides is 2. The van der Waals surface area contributed by atoms with Crippen LogP contribution in [0, 0.1) is 6.92 Å². The van der Waals surface area contributed by atoms with E-state index in [0.29, 0.717) is 43.6 Å². The Morgan fingerprint density at radius 1 is 1.32 bits per heavy atom. The molecule has 0 spiro atoms. The summed E-state index contributed by atoms with van der Waals surface area (Å²) in [7, 11) is 1.74. The van der Waals surface area contributed by atoms with Crippen molar-refractivity contribution in [3.05, 3.63) is 46.9 Å². The molecule has 1 aliphatic rings. The molecule has 31 heavy (non-hydrogen) atoms. The fourth-order valence-electron chi connectivity index (χ4n) is 3.61. The van der Waals surface area contributed by atoms with Crippen molar-refractivity contribution in [1.82, 2.24) is 24.8 Å². The van der Waals surface area contributed by atoms with Crippen LogP contribution in [0.1, 0.15) is 42.5 Å². The quantitative estimate of drug-likeness (QED) is 0.649. The van der Waals surface area contributed by atoms with Gasteiger partial charge in [0.15, 0.2) is 11.5 Å². The van der Waals surface area contributed by atoms with Gasteiger partial charge in [-0.25, -0.2) is 4.79 Å². The average molecular weight is 425 g/mol. The summed E-state index contributed by atoms with van der Waals surface area (Å²) in [4.78, 5) is 18.6. The third-order valence-electron chi connectivity index (χ3n) is 5.41. The maximum absolute atomic E-state index is 12.5. The van der Waals surface area contributed by atoms with E-state index in [1.165, 1.54) is 5.69 Å². The summed E-state index contributed by atoms with van der Waals surface area (Å²) in [6.07, 6.45) is 1.30. The third-order valence-corrected chi connectivity index (χ3v) is 5.41. The van der Waals surface area contributed by atoms with Gasteiger partial charge >= 0.3 is 6.03 Å². The molecule has 9 nitrogen and oxygen atoms in total. The second-order valence-corrected chi connectivity index (χ2v) is 8.05. The topological polar surface area (TPSA) is 98.3 Å². The van der Waals surface area contributed by atoms with Crippen molar-refractivity contribution in [3.63, 3.8) is 0 Å². The van der Waals surface area contributed by atoms with Crippen molar-refractivity contribution >= 4 is 11.7 Å². The van der Waals surface area contributed by atoms with Gasteiger partial charge in [-0.15, -0.1) is 0 Å². The fraction of sp³-hybridized carbons (Fsp3) is 0.455. The van der Waals surface area contributed by atoms with Gasteiger partial charge in [-0.1, -0.05) is 23.4 Å². The lowest BCUT2D eigenvalue weighted by molar-refractivity contribution is 0.108. The zero-order valence-electron chi connectivity index (χ0n) is 18.4. The van der Waals surface area contributed by atoms with Gasteiger partial charge in [-0.2, -0.15) is 10.1 Å². The van der Waals surface area contributed by atoms with Crippen LogP contribution in [0.4, 0.5) is 10.5 Å². The Morgan fingerprint density at radius 2 is 2.13 bits per heavy atom. The number of nitrogens with zero attached hydrogens (tertiary/aromatic N) is 5. The number of aryl methyl sites for hydroxylation is 1. The van der Waals surface area contributed by atoms with E-state index in [-0.39, 0.29) is 12.1 Å². The maximum atomic E-state index is 12.5. The minimum Gasteiger partial charge on any atom is -0.376 e. The van der Waals surface area contributed by atoms with Crippen LogP contribution in [0.15, 0.2) is 28.8 Å². The van der Waals surface area contributed by atoms with E-state index in [4.69, 9.17) is 14.4 Å². The van der Waals surface area contributed by atoms with E-state index in [1.54, 1.807) is 11.9 Å². The van der Waals surface area contributed by atoms with Crippen molar-refractivity contribution in [3.8, 4) is 11.6 Å². The number of hydrogen-bond acceptors (Lipinski definition) is 6. The second kappa shape index (κ2) is 8.89. The number of carbonyl (C=O) groups excluding carboxylic acids is 1. The third kappa shape index (κ3) is 4.46. The molecule has 164 valence electrons. The summed E-state index contributed by atoms with van der Waals surface area (Å²) in [6.45, 7) is 7.81. The molecule has 0 unspecified atom stereocenters. The van der Waals surface area contributed by atoms with Crippen molar-refractivity contribution in [1.29, 1.82) is 0 Å². The minimum atomic E-state index is -0.181. The Kier molecular flexibility index (Phi) is 6.03. The number of fused-ring (bicyclic) bond motifs is 1. The number of nitrogens with one attached hydrogen (secondary N) is 1. The minimum absolute atomic E-state index is 0.181. The van der Waals surface area contributed by atoms with Gasteiger partial charge in [-0.3, -0.25) is 4.68 Å². The molecule has 2 aromatic heterocycles. The molecule has 0 radical (unpaired) electrons. The number of para-hydroxylation sites is 1. The Hall–Kier alpha value is -3.20. The number of aromatic nitrogens is 4. The number of carbonyl (C=O) groups is 1. The molecule has 3 aromatic rings. The molecule has 1 aliphatic heterocycles. The van der Waals surface area contributed by atoms with E-state index in [9.17, 15) is 4.79 Å². The van der Waals surface area contributed by atoms with Crippen LogP contribution in [0.3, 0.4) is 0 Å². The molecule has 3 heterocycles. The van der Waals surface area contributed by atoms with Crippen LogP contribution in [0.5, 0.6) is 0 Å². The number of hydrogen-bond donors (Lipinski definition) is 1. The molecule has 0 atom stereocenters. The van der Waals surface area contributed by atoms with Crippen LogP contribution < -0.4 is 5.32 Å². The summed E-state index contributed by atoms with van der Waals surface area (Å²) in [5.74, 6) is 0.929. The molecular weight excluding hydrogens is 396 g/mol. The first-order chi connectivity index (χ1) is 14.9. The SMILES string of the molecule is Cc1ccccc1NC(=O)N(C)CCc1noc(-c2nn(C(C)C)c3c2COCC3)n1. The summed E-state index contributed by atoms with van der Waals surface area (Å²) >= 11 is 0. The highest BCUT2D eigenvalue weighted by molar-refractivity contribution is 5.89. The first-order valence-corrected chi connectivity index (χ1v) is 10.5. The predicted molar refractivity (Wildman–Crippen MR) is 116 cm³/mol. The number of ether oxygens (including phenoxy) is 1. The molecule has 0 saturated carbocycles. The molecule has 0 fully saturated rings. The summed E-state index contributed by atoms with van der Waals surface area (Å²) in [5, 5.41) is 11.7. The lowest BCUT2D eigenvalue weighted by atomic mass is 10.1. The van der Waals surface area contributed by atoms with Crippen molar-refractivity contribution in [2.45, 2.75) is 46.3 Å². The van der Waals surface area contributed by atoms with Gasteiger partial charge in [0.2, 0.25) is 0 Å². The molecule has 0 saturated heterocycles. The highest BCUT2D eigenvalue weighted by atomic mass is 16.5. The highest BCUT2D eigenvalue weighted by Crippen LogP contribution is 2.30. The molecule has 0 aliphatic carbocycles. The van der Waals surface area contributed by atoms with E-state index in [0.717, 1.165) is 23.2 Å². The Balaban J connectivity index is 1.42. The number of anilines is 1. The largest absolute Gasteiger partial charge is 0.376 e. The predicted octanol–water partition coefficient (Wildman–Crippen LogP) is 3.60. The second-order valence-electron chi connectivity index (χ2n) is 8.05. The molecule has 9 heteroatoms. The van der Waals surface area contributed by atoms with Gasteiger partial charge in [0, 0.05) is 49.4 Å². The summed E-state index contributed by atoms with van der Waals surface area (Å²) in [6, 6.07) is 7.74. The summed E-state index contributed by atoms with van der Waals surface area (Å²) in [5.41, 5.74) is 4.69. The Labute approximate surface area is 181 Å². The normalized spacial score (nSPS) is 13.3. The van der Waals surface area contributed by atoms with E-state index >= 15 is 0 Å². The van der Waals surface area contributed by atoms with Crippen molar-refractivity contribution in [2.24, 2.45) is 0 Å². The van der Waals surface area contributed by atoms with Crippen LogP contribution in [0.2, 0.25) is 0 Å². The van der Waals surface area contributed by atoms with Gasteiger partial charge in [0.05, 0.1) is 13.2 Å². The first kappa shape index (κ1) is 21.0. The van der Waals surface area contributed by atoms with Gasteiger partial charge < -0.3 is 19.5 Å². The smallest absolute Gasteiger partial charge is 0.321 e. The average Bonchev–Trinajstić information content (AvgIpc) is 3.38. The Morgan fingerprint density at radius 3 is 2.90 bits per heavy atom. The van der Waals surface area contributed by atoms with Gasteiger partial charge in [0.25, 0.3) is 5.89 Å². The Bertz CT molecular complexity index is 1070. The molecule has 2 amide bonds. The van der Waals surface area contributed by atoms with E-state index in [2.05, 4.69) is 29.3 Å². The van der Waals surface area contributed by atoms with Crippen molar-refractivity contribution in [2.75, 3.05) is 25.5 Å². The van der Waals surface area contributed by atoms with Crippen LogP contribution in [0.25, 0.3) is 11.6 Å². The van der Waals surface area contributed by atoms with Crippen LogP contribution in [-0.4, -0.2) is 51.1 Å². The molecular formula is C22H28N6O3. The lowest BCUT2D eigenvalue weighted by Gasteiger charge is -2.18. The fourth-order valence-corrected chi connectivity index (χ4v) is 3.61. The van der Waals surface area contributed by atoms with E-state index in [1.807, 2.05) is 35.9 Å². The zero-order valence-corrected chi connectivity index (χ0v) is 18.4. The van der Waals surface area contributed by atoms with Crippen LogP contribution >= 0.6 is 0 Å². The number of likely N-dealkylation sites (N-methyl/N-ethyl adjacent to an activating group) is 1. The molecule has 0 bridgehead atoms. The first-order valence-electron chi connectivity index (χ1n) is 10.5. The summed E-state index contributed by atoms with van der Waals surface area (Å²) < 4.78 is 13.1. The van der Waals surface area contributed by atoms with Crippen molar-refractivity contribution < 1.29 is 14.1 Å². The monoisotopic (exact) mass is 424 g/mol. The van der Waals surface area contributed by atoms with Gasteiger partial charge in [-0.05, 0) is 32.4 Å². The maximum Gasteiger partial charge on any atom is 0.321 e. The standard InChI is InChI=1S/C22H28N6O3/c1-14(2)28-18-10-12-30-13-16(18)20(25-28)21-24-19(26-31-21)9-11-27(4)22(29)23-17-8-6-5-7-15(17)3/h5-8,14H,9-13H2,1-4H3,(H,23,29). The number of urea groups is 1. The molecule has 1 aromatic carbocycles. The van der Waals surface area contributed by atoms with E-state index < -0.39 is 0 Å². The zero-order chi connectivity index (χ0) is 22.0. The molecule has 4 rings (SSSR count). The molecule has 1 N–H and O–H groups in total. The van der Waals surface area contributed by atoms with Crippen LogP contribution in [-0.2, 0) is 24.2 Å². The van der Waals surface area contributed by atoms with Gasteiger partial charge in [0.1, 0.15) is 0 Å². The lowest BCUT2D eigenvalue weighted by Crippen LogP contribution is -2.33. The highest BCUT2D eigenvalue weighted by Gasteiger charge is 2.26. The number of benzene rings is 1. The number of rotatable bonds is 6.